The van der Waals surface area contributed by atoms with Crippen LogP contribution in [0.1, 0.15) is 5.56 Å². The van der Waals surface area contributed by atoms with Gasteiger partial charge in [0.15, 0.2) is 0 Å². The molecule has 0 aliphatic heterocycles. The molecule has 110 valence electrons. The Morgan fingerprint density at radius 1 is 1.00 bits per heavy atom. The maximum Gasteiger partial charge on any atom is 0.434 e. The minimum atomic E-state index is -0.618. The van der Waals surface area contributed by atoms with Gasteiger partial charge in [0.05, 0.1) is 0 Å². The van der Waals surface area contributed by atoms with Crippen LogP contribution in [0.2, 0.25) is 0 Å². The third kappa shape index (κ3) is 1.79. The molecule has 0 aliphatic rings. The summed E-state index contributed by atoms with van der Waals surface area (Å²) >= 11 is 0. The number of nitrogens with one attached hydrogen (secondary N) is 3. The van der Waals surface area contributed by atoms with Crippen LogP contribution in [0, 0.1) is 6.92 Å². The highest BCUT2D eigenvalue weighted by Crippen LogP contribution is 2.30. The van der Waals surface area contributed by atoms with E-state index in [9.17, 15) is 9.59 Å². The summed E-state index contributed by atoms with van der Waals surface area (Å²) in [5.41, 5.74) is 2.95. The van der Waals surface area contributed by atoms with Gasteiger partial charge in [0, 0.05) is 16.5 Å². The van der Waals surface area contributed by atoms with Crippen molar-refractivity contribution in [3.63, 3.8) is 0 Å². The third-order valence-electron chi connectivity index (χ3n) is 3.40. The Kier molecular flexibility index (Phi) is 2.43. The Morgan fingerprint density at radius 3 is 2.32 bits per heavy atom. The van der Waals surface area contributed by atoms with Crippen LogP contribution in [0.3, 0.4) is 0 Å². The number of aromatic amines is 3. The van der Waals surface area contributed by atoms with Gasteiger partial charge in [-0.25, -0.2) is 19.8 Å². The molecule has 3 aromatic heterocycles. The molecule has 22 heavy (non-hydrogen) atoms. The zero-order valence-corrected chi connectivity index (χ0v) is 11.3. The van der Waals surface area contributed by atoms with Gasteiger partial charge in [0.2, 0.25) is 5.89 Å². The highest BCUT2D eigenvalue weighted by atomic mass is 16.4. The number of H-pyrrole nitrogens is 3. The van der Waals surface area contributed by atoms with Crippen LogP contribution < -0.4 is 11.5 Å². The molecule has 4 aromatic rings. The van der Waals surface area contributed by atoms with Crippen molar-refractivity contribution in [3.8, 4) is 23.0 Å². The summed E-state index contributed by atoms with van der Waals surface area (Å²) in [5, 5.41) is 12.9. The van der Waals surface area contributed by atoms with Crippen molar-refractivity contribution >= 4 is 10.9 Å². The molecule has 3 heterocycles. The van der Waals surface area contributed by atoms with Crippen molar-refractivity contribution in [2.75, 3.05) is 0 Å². The van der Waals surface area contributed by atoms with Gasteiger partial charge in [-0.15, -0.1) is 10.2 Å². The zero-order valence-electron chi connectivity index (χ0n) is 11.3. The largest absolute Gasteiger partial charge is 0.434 e. The van der Waals surface area contributed by atoms with Crippen molar-refractivity contribution in [1.29, 1.82) is 0 Å². The Hall–Kier alpha value is -3.36. The fraction of sp³-hybridized carbons (Fsp3) is 0.0769. The number of aromatic nitrogens is 5. The van der Waals surface area contributed by atoms with Crippen molar-refractivity contribution in [1.82, 2.24) is 25.4 Å². The van der Waals surface area contributed by atoms with E-state index < -0.39 is 11.5 Å². The molecule has 1 aromatic carbocycles. The Balaban J connectivity index is 1.92. The van der Waals surface area contributed by atoms with Crippen LogP contribution in [0.25, 0.3) is 33.9 Å². The number of hydrogen-bond acceptors (Lipinski definition) is 6. The van der Waals surface area contributed by atoms with Crippen LogP contribution in [0.15, 0.2) is 36.6 Å². The van der Waals surface area contributed by atoms with Gasteiger partial charge in [-0.2, -0.15) is 0 Å². The summed E-state index contributed by atoms with van der Waals surface area (Å²) in [6, 6.07) is 5.41. The Bertz CT molecular complexity index is 1090. The molecular formula is C13H9N5O4. The van der Waals surface area contributed by atoms with Gasteiger partial charge in [-0.05, 0) is 30.7 Å². The molecule has 0 amide bonds. The molecule has 3 N–H and O–H groups in total. The van der Waals surface area contributed by atoms with Crippen LogP contribution in [-0.2, 0) is 0 Å². The smallest absolute Gasteiger partial charge is 0.388 e. The van der Waals surface area contributed by atoms with Crippen molar-refractivity contribution < 1.29 is 8.83 Å². The number of benzene rings is 1. The molecule has 0 saturated heterocycles. The van der Waals surface area contributed by atoms with Gasteiger partial charge in [0.25, 0.3) is 5.89 Å². The zero-order chi connectivity index (χ0) is 15.3. The molecule has 0 spiro atoms. The lowest BCUT2D eigenvalue weighted by Crippen LogP contribution is -1.93. The number of fused-ring (bicyclic) bond motifs is 1. The quantitative estimate of drug-likeness (QED) is 0.508. The highest BCUT2D eigenvalue weighted by molar-refractivity contribution is 5.91. The highest BCUT2D eigenvalue weighted by Gasteiger charge is 2.16. The fourth-order valence-corrected chi connectivity index (χ4v) is 2.36. The second-order valence-electron chi connectivity index (χ2n) is 4.72. The molecule has 0 aliphatic carbocycles. The van der Waals surface area contributed by atoms with Gasteiger partial charge in [-0.1, -0.05) is 0 Å². The lowest BCUT2D eigenvalue weighted by atomic mass is 10.1. The second kappa shape index (κ2) is 4.32. The first kappa shape index (κ1) is 12.4. The maximum atomic E-state index is 11.1. The van der Waals surface area contributed by atoms with Crippen molar-refractivity contribution in [3.05, 3.63) is 44.9 Å². The van der Waals surface area contributed by atoms with E-state index in [2.05, 4.69) is 25.4 Å². The van der Waals surface area contributed by atoms with Crippen LogP contribution in [0.5, 0.6) is 0 Å². The normalized spacial score (nSPS) is 11.3. The van der Waals surface area contributed by atoms with Gasteiger partial charge < -0.3 is 13.8 Å². The first-order chi connectivity index (χ1) is 10.6. The van der Waals surface area contributed by atoms with E-state index in [1.807, 2.05) is 19.1 Å². The fourth-order valence-electron chi connectivity index (χ4n) is 2.36. The maximum absolute atomic E-state index is 11.1. The van der Waals surface area contributed by atoms with Gasteiger partial charge in [0.1, 0.15) is 5.69 Å². The lowest BCUT2D eigenvalue weighted by Gasteiger charge is -1.96. The van der Waals surface area contributed by atoms with E-state index in [-0.39, 0.29) is 11.8 Å². The van der Waals surface area contributed by atoms with E-state index in [0.717, 1.165) is 16.5 Å². The third-order valence-corrected chi connectivity index (χ3v) is 3.40. The molecule has 0 radical (unpaired) electrons. The molecule has 0 saturated carbocycles. The van der Waals surface area contributed by atoms with Crippen molar-refractivity contribution in [2.24, 2.45) is 0 Å². The first-order valence-corrected chi connectivity index (χ1v) is 6.36. The second-order valence-corrected chi connectivity index (χ2v) is 4.72. The molecule has 0 unspecified atom stereocenters. The van der Waals surface area contributed by atoms with Gasteiger partial charge in [-0.3, -0.25) is 0 Å². The number of nitrogens with zero attached hydrogens (tertiary/aromatic N) is 2. The summed E-state index contributed by atoms with van der Waals surface area (Å²) in [6.07, 6.45) is 0. The summed E-state index contributed by atoms with van der Waals surface area (Å²) in [7, 11) is 0. The molecule has 9 heteroatoms. The lowest BCUT2D eigenvalue weighted by molar-refractivity contribution is 0.525. The Morgan fingerprint density at radius 2 is 1.68 bits per heavy atom. The Labute approximate surface area is 121 Å². The minimum absolute atomic E-state index is 0.187. The van der Waals surface area contributed by atoms with E-state index in [0.29, 0.717) is 11.3 Å². The SMILES string of the molecule is Cc1c(-c2n[nH]c(=O)o2)[nH]c2ccc(-c3n[nH]c(=O)o3)cc12. The molecule has 4 rings (SSSR count). The van der Waals surface area contributed by atoms with E-state index in [4.69, 9.17) is 8.83 Å². The molecular weight excluding hydrogens is 290 g/mol. The topological polar surface area (TPSA) is 134 Å². The summed E-state index contributed by atoms with van der Waals surface area (Å²) < 4.78 is 9.91. The molecule has 9 nitrogen and oxygen atoms in total. The predicted octanol–water partition coefficient (Wildman–Crippen LogP) is 1.16. The summed E-state index contributed by atoms with van der Waals surface area (Å²) in [4.78, 5) is 25.3. The molecule has 0 bridgehead atoms. The van der Waals surface area contributed by atoms with E-state index >= 15 is 0 Å². The minimum Gasteiger partial charge on any atom is -0.388 e. The number of aryl methyl sites for hydroxylation is 1. The number of rotatable bonds is 2. The van der Waals surface area contributed by atoms with Crippen LogP contribution >= 0.6 is 0 Å². The summed E-state index contributed by atoms with van der Waals surface area (Å²) in [6.45, 7) is 1.87. The van der Waals surface area contributed by atoms with Crippen LogP contribution in [0.4, 0.5) is 0 Å². The van der Waals surface area contributed by atoms with Crippen LogP contribution in [-0.4, -0.2) is 25.4 Å². The summed E-state index contributed by atoms with van der Waals surface area (Å²) in [5.74, 6) is -0.834. The van der Waals surface area contributed by atoms with Gasteiger partial charge >= 0.3 is 11.5 Å². The van der Waals surface area contributed by atoms with E-state index in [1.54, 1.807) is 6.07 Å². The molecule has 0 fully saturated rings. The predicted molar refractivity (Wildman–Crippen MR) is 75.3 cm³/mol. The monoisotopic (exact) mass is 299 g/mol. The first-order valence-electron chi connectivity index (χ1n) is 6.36. The molecule has 0 atom stereocenters. The standard InChI is InChI=1S/C13H9N5O4/c1-5-7-4-6(10-15-17-12(19)21-10)2-3-8(7)14-9(5)11-16-18-13(20)22-11/h2-4,14H,1H3,(H,17,19)(H,18,20). The number of hydrogen-bond donors (Lipinski definition) is 3. The average molecular weight is 299 g/mol. The van der Waals surface area contributed by atoms with E-state index in [1.165, 1.54) is 0 Å². The average Bonchev–Trinajstić information content (AvgIpc) is 3.19. The van der Waals surface area contributed by atoms with Crippen molar-refractivity contribution in [2.45, 2.75) is 6.92 Å².